The largest absolute Gasteiger partial charge is 0.507 e. The van der Waals surface area contributed by atoms with E-state index in [9.17, 15) is 4.39 Å². The first-order chi connectivity index (χ1) is 4.20. The zero-order valence-corrected chi connectivity index (χ0v) is 4.50. The van der Waals surface area contributed by atoms with Gasteiger partial charge in [-0.25, -0.2) is 4.39 Å². The van der Waals surface area contributed by atoms with Crippen LogP contribution in [0.3, 0.4) is 0 Å². The van der Waals surface area contributed by atoms with Crippen molar-refractivity contribution in [2.45, 2.75) is 0 Å². The Morgan fingerprint density at radius 3 is 2.78 bits per heavy atom. The van der Waals surface area contributed by atoms with E-state index >= 15 is 0 Å². The van der Waals surface area contributed by atoms with Gasteiger partial charge in [0.15, 0.2) is 0 Å². The fraction of sp³-hybridized carbons (Fsp3) is 0. The lowest BCUT2D eigenvalue weighted by Gasteiger charge is -1.94. The SMILES string of the molecule is [B]c1ncc(F)cc1O. The Morgan fingerprint density at radius 1 is 1.67 bits per heavy atom. The summed E-state index contributed by atoms with van der Waals surface area (Å²) in [6.45, 7) is 0. The van der Waals surface area contributed by atoms with Gasteiger partial charge in [0.25, 0.3) is 0 Å². The number of hydrogen-bond donors (Lipinski definition) is 1. The first-order valence-corrected chi connectivity index (χ1v) is 2.30. The Kier molecular flexibility index (Phi) is 1.38. The number of hydrogen-bond acceptors (Lipinski definition) is 2. The molecule has 0 amide bonds. The maximum absolute atomic E-state index is 12.1. The summed E-state index contributed by atoms with van der Waals surface area (Å²) in [6, 6.07) is 0.905. The molecule has 0 saturated heterocycles. The zero-order chi connectivity index (χ0) is 6.85. The molecule has 1 N–H and O–H groups in total. The Bertz CT molecular complexity index is 228. The van der Waals surface area contributed by atoms with Crippen LogP contribution in [0.1, 0.15) is 0 Å². The van der Waals surface area contributed by atoms with Crippen LogP contribution in [0, 0.1) is 5.82 Å². The minimum Gasteiger partial charge on any atom is -0.507 e. The van der Waals surface area contributed by atoms with Crippen molar-refractivity contribution in [3.8, 4) is 5.75 Å². The van der Waals surface area contributed by atoms with Gasteiger partial charge in [0.05, 0.1) is 6.20 Å². The lowest BCUT2D eigenvalue weighted by Crippen LogP contribution is -2.07. The van der Waals surface area contributed by atoms with Gasteiger partial charge in [-0.15, -0.1) is 0 Å². The molecule has 0 aliphatic rings. The molecule has 1 heterocycles. The summed E-state index contributed by atoms with van der Waals surface area (Å²) >= 11 is 0. The van der Waals surface area contributed by atoms with Crippen molar-refractivity contribution in [2.24, 2.45) is 0 Å². The van der Waals surface area contributed by atoms with Crippen LogP contribution in [0.5, 0.6) is 5.75 Å². The van der Waals surface area contributed by atoms with E-state index < -0.39 is 5.82 Å². The van der Waals surface area contributed by atoms with Crippen LogP contribution in [0.25, 0.3) is 0 Å². The Hall–Kier alpha value is -1.06. The monoisotopic (exact) mass is 123 g/mol. The second-order valence-corrected chi connectivity index (χ2v) is 1.56. The molecule has 0 aliphatic carbocycles. The van der Waals surface area contributed by atoms with Crippen molar-refractivity contribution in [1.29, 1.82) is 0 Å². The van der Waals surface area contributed by atoms with E-state index in [1.165, 1.54) is 0 Å². The molecule has 0 saturated carbocycles. The lowest BCUT2D eigenvalue weighted by molar-refractivity contribution is 0.470. The number of halogens is 1. The van der Waals surface area contributed by atoms with Crippen LogP contribution in [-0.4, -0.2) is 17.9 Å². The van der Waals surface area contributed by atoms with Crippen molar-refractivity contribution in [2.75, 3.05) is 0 Å². The molecule has 44 valence electrons. The predicted molar refractivity (Wildman–Crippen MR) is 31.2 cm³/mol. The molecule has 0 atom stereocenters. The third-order valence-corrected chi connectivity index (χ3v) is 0.864. The highest BCUT2D eigenvalue weighted by atomic mass is 19.1. The summed E-state index contributed by atoms with van der Waals surface area (Å²) in [4.78, 5) is 3.33. The summed E-state index contributed by atoms with van der Waals surface area (Å²) < 4.78 is 12.1. The van der Waals surface area contributed by atoms with Crippen LogP contribution in [-0.2, 0) is 0 Å². The Morgan fingerprint density at radius 2 is 2.33 bits per heavy atom. The van der Waals surface area contributed by atoms with Gasteiger partial charge in [0.2, 0.25) is 0 Å². The van der Waals surface area contributed by atoms with E-state index in [4.69, 9.17) is 13.0 Å². The number of pyridine rings is 1. The van der Waals surface area contributed by atoms with Crippen molar-refractivity contribution in [1.82, 2.24) is 4.98 Å². The molecule has 0 aromatic carbocycles. The molecule has 1 aromatic heterocycles. The van der Waals surface area contributed by atoms with E-state index in [-0.39, 0.29) is 11.3 Å². The summed E-state index contributed by atoms with van der Waals surface area (Å²) in [7, 11) is 5.06. The van der Waals surface area contributed by atoms with E-state index in [1.54, 1.807) is 0 Å². The molecule has 0 spiro atoms. The van der Waals surface area contributed by atoms with Crippen LogP contribution in [0.4, 0.5) is 4.39 Å². The van der Waals surface area contributed by atoms with Crippen LogP contribution < -0.4 is 5.59 Å². The Labute approximate surface area is 52.8 Å². The second kappa shape index (κ2) is 2.05. The third kappa shape index (κ3) is 1.19. The van der Waals surface area contributed by atoms with Crippen molar-refractivity contribution < 1.29 is 9.50 Å². The van der Waals surface area contributed by atoms with Gasteiger partial charge < -0.3 is 5.11 Å². The Balaban J connectivity index is 3.17. The number of aromatic nitrogens is 1. The molecule has 4 heteroatoms. The highest BCUT2D eigenvalue weighted by Crippen LogP contribution is 2.02. The molecular formula is C5H3BFNO. The minimum atomic E-state index is -0.596. The van der Waals surface area contributed by atoms with Crippen LogP contribution in [0.2, 0.25) is 0 Å². The molecule has 0 unspecified atom stereocenters. The lowest BCUT2D eigenvalue weighted by atomic mass is 10.0. The highest BCUT2D eigenvalue weighted by Gasteiger charge is 1.95. The van der Waals surface area contributed by atoms with Gasteiger partial charge in [-0.2, -0.15) is 0 Å². The fourth-order valence-corrected chi connectivity index (χ4v) is 0.439. The molecule has 9 heavy (non-hydrogen) atoms. The molecule has 0 aliphatic heterocycles. The minimum absolute atomic E-state index is 0.0589. The molecular weight excluding hydrogens is 120 g/mol. The molecule has 2 nitrogen and oxygen atoms in total. The van der Waals surface area contributed by atoms with Crippen molar-refractivity contribution in [3.05, 3.63) is 18.1 Å². The maximum atomic E-state index is 12.1. The van der Waals surface area contributed by atoms with Gasteiger partial charge in [-0.05, 0) is 0 Å². The van der Waals surface area contributed by atoms with Crippen molar-refractivity contribution in [3.63, 3.8) is 0 Å². The smallest absolute Gasteiger partial charge is 0.147 e. The zero-order valence-electron chi connectivity index (χ0n) is 4.50. The molecule has 0 bridgehead atoms. The highest BCUT2D eigenvalue weighted by molar-refractivity contribution is 6.32. The van der Waals surface area contributed by atoms with E-state index in [0.717, 1.165) is 12.3 Å². The fourth-order valence-electron chi connectivity index (χ4n) is 0.439. The second-order valence-electron chi connectivity index (χ2n) is 1.56. The summed E-state index contributed by atoms with van der Waals surface area (Å²) in [5.74, 6) is -0.920. The van der Waals surface area contributed by atoms with E-state index in [2.05, 4.69) is 4.98 Å². The van der Waals surface area contributed by atoms with Gasteiger partial charge in [0.1, 0.15) is 19.4 Å². The molecule has 1 aromatic rings. The maximum Gasteiger partial charge on any atom is 0.147 e. The molecule has 2 radical (unpaired) electrons. The summed E-state index contributed by atoms with van der Waals surface area (Å²) in [5.41, 5.74) is -0.0589. The number of rotatable bonds is 0. The van der Waals surface area contributed by atoms with E-state index in [0.29, 0.717) is 0 Å². The standard InChI is InChI=1S/C5H3BFNO/c6-5-4(9)1-3(7)2-8-5/h1-2,9H. The van der Waals surface area contributed by atoms with Gasteiger partial charge >= 0.3 is 0 Å². The molecule has 0 fully saturated rings. The number of nitrogens with zero attached hydrogens (tertiary/aromatic N) is 1. The summed E-state index contributed by atoms with van der Waals surface area (Å²) in [5, 5.41) is 8.67. The average molecular weight is 123 g/mol. The normalized spacial score (nSPS) is 9.44. The average Bonchev–Trinajstić information content (AvgIpc) is 1.80. The van der Waals surface area contributed by atoms with E-state index in [1.807, 2.05) is 0 Å². The van der Waals surface area contributed by atoms with Gasteiger partial charge in [-0.3, -0.25) is 4.98 Å². The quantitative estimate of drug-likeness (QED) is 0.481. The van der Waals surface area contributed by atoms with Crippen molar-refractivity contribution >= 4 is 13.4 Å². The number of aromatic hydroxyl groups is 1. The molecule has 1 rings (SSSR count). The predicted octanol–water partition coefficient (Wildman–Crippen LogP) is -0.280. The first-order valence-electron chi connectivity index (χ1n) is 2.30. The summed E-state index contributed by atoms with van der Waals surface area (Å²) in [6.07, 6.45) is 0.940. The van der Waals surface area contributed by atoms with Gasteiger partial charge in [-0.1, -0.05) is 0 Å². The van der Waals surface area contributed by atoms with Crippen LogP contribution >= 0.6 is 0 Å². The first kappa shape index (κ1) is 6.07. The third-order valence-electron chi connectivity index (χ3n) is 0.864. The topological polar surface area (TPSA) is 33.1 Å². The van der Waals surface area contributed by atoms with Gasteiger partial charge in [0, 0.05) is 11.7 Å². The van der Waals surface area contributed by atoms with Crippen LogP contribution in [0.15, 0.2) is 12.3 Å².